The maximum Gasteiger partial charge on any atom is 0.194 e. The lowest BCUT2D eigenvalue weighted by atomic mass is 10.0. The Labute approximate surface area is 107 Å². The van der Waals surface area contributed by atoms with Gasteiger partial charge in [0.15, 0.2) is 5.78 Å². The SMILES string of the molecule is Cc1ccc(C(=O)c2ccc(F)cc2)c(Br)c1. The first-order valence-corrected chi connectivity index (χ1v) is 5.93. The number of carbonyl (C=O) groups excluding carboxylic acids is 1. The molecule has 0 saturated heterocycles. The first-order chi connectivity index (χ1) is 8.08. The normalized spacial score (nSPS) is 10.3. The molecule has 0 saturated carbocycles. The number of ketones is 1. The Kier molecular flexibility index (Phi) is 3.38. The van der Waals surface area contributed by atoms with Crippen LogP contribution in [0.5, 0.6) is 0 Å². The second-order valence-electron chi connectivity index (χ2n) is 3.82. The molecule has 0 radical (unpaired) electrons. The van der Waals surface area contributed by atoms with Crippen LogP contribution in [0.1, 0.15) is 21.5 Å². The molecule has 2 rings (SSSR count). The Bertz CT molecular complexity index is 561. The van der Waals surface area contributed by atoms with Crippen molar-refractivity contribution in [1.29, 1.82) is 0 Å². The van der Waals surface area contributed by atoms with E-state index in [2.05, 4.69) is 15.9 Å². The van der Waals surface area contributed by atoms with Crippen molar-refractivity contribution in [1.82, 2.24) is 0 Å². The molecular weight excluding hydrogens is 283 g/mol. The Morgan fingerprint density at radius 3 is 2.35 bits per heavy atom. The largest absolute Gasteiger partial charge is 0.289 e. The zero-order chi connectivity index (χ0) is 12.4. The summed E-state index contributed by atoms with van der Waals surface area (Å²) in [7, 11) is 0. The summed E-state index contributed by atoms with van der Waals surface area (Å²) in [6.07, 6.45) is 0. The van der Waals surface area contributed by atoms with Crippen LogP contribution < -0.4 is 0 Å². The molecule has 3 heteroatoms. The van der Waals surface area contributed by atoms with Crippen LogP contribution in [0.4, 0.5) is 4.39 Å². The molecule has 0 aromatic heterocycles. The summed E-state index contributed by atoms with van der Waals surface area (Å²) >= 11 is 3.36. The van der Waals surface area contributed by atoms with Gasteiger partial charge in [0.25, 0.3) is 0 Å². The minimum absolute atomic E-state index is 0.114. The van der Waals surface area contributed by atoms with Gasteiger partial charge in [-0.05, 0) is 48.9 Å². The third kappa shape index (κ3) is 2.61. The van der Waals surface area contributed by atoms with Crippen LogP contribution in [0.3, 0.4) is 0 Å². The van der Waals surface area contributed by atoms with Gasteiger partial charge in [0.2, 0.25) is 0 Å². The first-order valence-electron chi connectivity index (χ1n) is 5.14. The third-order valence-corrected chi connectivity index (χ3v) is 3.13. The van der Waals surface area contributed by atoms with Crippen LogP contribution in [0, 0.1) is 12.7 Å². The molecule has 2 aromatic carbocycles. The van der Waals surface area contributed by atoms with E-state index in [1.54, 1.807) is 6.07 Å². The van der Waals surface area contributed by atoms with Gasteiger partial charge >= 0.3 is 0 Å². The van der Waals surface area contributed by atoms with Gasteiger partial charge in [-0.25, -0.2) is 4.39 Å². The maximum absolute atomic E-state index is 12.8. The summed E-state index contributed by atoms with van der Waals surface area (Å²) in [6, 6.07) is 11.1. The molecule has 0 N–H and O–H groups in total. The summed E-state index contributed by atoms with van der Waals surface area (Å²) in [5, 5.41) is 0. The zero-order valence-corrected chi connectivity index (χ0v) is 10.8. The predicted octanol–water partition coefficient (Wildman–Crippen LogP) is 4.13. The summed E-state index contributed by atoms with van der Waals surface area (Å²) in [5.41, 5.74) is 2.14. The van der Waals surface area contributed by atoms with Crippen molar-refractivity contribution in [2.75, 3.05) is 0 Å². The Hall–Kier alpha value is -1.48. The molecule has 17 heavy (non-hydrogen) atoms. The highest BCUT2D eigenvalue weighted by Crippen LogP contribution is 2.21. The third-order valence-electron chi connectivity index (χ3n) is 2.48. The summed E-state index contributed by atoms with van der Waals surface area (Å²) in [5.74, 6) is -0.457. The Morgan fingerprint density at radius 1 is 1.12 bits per heavy atom. The standard InChI is InChI=1S/C14H10BrFO/c1-9-2-7-12(13(15)8-9)14(17)10-3-5-11(16)6-4-10/h2-8H,1H3. The van der Waals surface area contributed by atoms with E-state index in [-0.39, 0.29) is 11.6 Å². The Balaban J connectivity index is 2.40. The number of hydrogen-bond acceptors (Lipinski definition) is 1. The van der Waals surface area contributed by atoms with Gasteiger partial charge in [-0.3, -0.25) is 4.79 Å². The molecule has 0 aliphatic carbocycles. The molecule has 0 aliphatic rings. The average Bonchev–Trinajstić information content (AvgIpc) is 2.29. The van der Waals surface area contributed by atoms with Crippen molar-refractivity contribution in [2.24, 2.45) is 0 Å². The van der Waals surface area contributed by atoms with Crippen molar-refractivity contribution >= 4 is 21.7 Å². The average molecular weight is 293 g/mol. The maximum atomic E-state index is 12.8. The van der Waals surface area contributed by atoms with Crippen molar-refractivity contribution in [3.05, 3.63) is 69.4 Å². The van der Waals surface area contributed by atoms with E-state index in [9.17, 15) is 9.18 Å². The molecule has 0 spiro atoms. The summed E-state index contributed by atoms with van der Waals surface area (Å²) in [6.45, 7) is 1.96. The molecule has 0 unspecified atom stereocenters. The molecule has 0 heterocycles. The van der Waals surface area contributed by atoms with Crippen molar-refractivity contribution in [3.8, 4) is 0 Å². The van der Waals surface area contributed by atoms with Crippen LogP contribution in [0.25, 0.3) is 0 Å². The second kappa shape index (κ2) is 4.80. The zero-order valence-electron chi connectivity index (χ0n) is 9.21. The molecular formula is C14H10BrFO. The smallest absolute Gasteiger partial charge is 0.194 e. The number of hydrogen-bond donors (Lipinski definition) is 0. The molecule has 0 fully saturated rings. The van der Waals surface area contributed by atoms with Gasteiger partial charge in [0.1, 0.15) is 5.82 Å². The van der Waals surface area contributed by atoms with Gasteiger partial charge in [-0.15, -0.1) is 0 Å². The highest BCUT2D eigenvalue weighted by Gasteiger charge is 2.12. The summed E-state index contributed by atoms with van der Waals surface area (Å²) < 4.78 is 13.5. The fraction of sp³-hybridized carbons (Fsp3) is 0.0714. The number of benzene rings is 2. The van der Waals surface area contributed by atoms with Crippen molar-refractivity contribution < 1.29 is 9.18 Å². The van der Waals surface area contributed by atoms with Gasteiger partial charge in [-0.2, -0.15) is 0 Å². The lowest BCUT2D eigenvalue weighted by molar-refractivity contribution is 0.103. The van der Waals surface area contributed by atoms with Crippen LogP contribution in [0.15, 0.2) is 46.9 Å². The van der Waals surface area contributed by atoms with E-state index in [0.29, 0.717) is 11.1 Å². The predicted molar refractivity (Wildman–Crippen MR) is 68.7 cm³/mol. The van der Waals surface area contributed by atoms with Gasteiger partial charge in [-0.1, -0.05) is 22.0 Å². The number of carbonyl (C=O) groups is 1. The lowest BCUT2D eigenvalue weighted by Gasteiger charge is -2.04. The van der Waals surface area contributed by atoms with Gasteiger partial charge in [0.05, 0.1) is 0 Å². The van der Waals surface area contributed by atoms with Crippen LogP contribution in [-0.2, 0) is 0 Å². The van der Waals surface area contributed by atoms with Crippen LogP contribution in [0.2, 0.25) is 0 Å². The molecule has 0 bridgehead atoms. The van der Waals surface area contributed by atoms with E-state index in [1.807, 2.05) is 19.1 Å². The van der Waals surface area contributed by atoms with E-state index < -0.39 is 0 Å². The second-order valence-corrected chi connectivity index (χ2v) is 4.67. The highest BCUT2D eigenvalue weighted by atomic mass is 79.9. The van der Waals surface area contributed by atoms with E-state index in [0.717, 1.165) is 10.0 Å². The molecule has 0 amide bonds. The van der Waals surface area contributed by atoms with E-state index in [1.165, 1.54) is 24.3 Å². The van der Waals surface area contributed by atoms with E-state index >= 15 is 0 Å². The minimum Gasteiger partial charge on any atom is -0.289 e. The number of halogens is 2. The number of aryl methyl sites for hydroxylation is 1. The molecule has 0 atom stereocenters. The highest BCUT2D eigenvalue weighted by molar-refractivity contribution is 9.10. The molecule has 86 valence electrons. The molecule has 2 aromatic rings. The van der Waals surface area contributed by atoms with Crippen LogP contribution in [-0.4, -0.2) is 5.78 Å². The summed E-state index contributed by atoms with van der Waals surface area (Å²) in [4.78, 5) is 12.1. The van der Waals surface area contributed by atoms with Crippen molar-refractivity contribution in [2.45, 2.75) is 6.92 Å². The monoisotopic (exact) mass is 292 g/mol. The molecule has 1 nitrogen and oxygen atoms in total. The van der Waals surface area contributed by atoms with E-state index in [4.69, 9.17) is 0 Å². The minimum atomic E-state index is -0.343. The molecule has 0 aliphatic heterocycles. The quantitative estimate of drug-likeness (QED) is 0.761. The first kappa shape index (κ1) is 12.0. The van der Waals surface area contributed by atoms with Crippen LogP contribution >= 0.6 is 15.9 Å². The van der Waals surface area contributed by atoms with Gasteiger partial charge < -0.3 is 0 Å². The Morgan fingerprint density at radius 2 is 1.76 bits per heavy atom. The fourth-order valence-electron chi connectivity index (χ4n) is 1.56. The topological polar surface area (TPSA) is 17.1 Å². The number of rotatable bonds is 2. The van der Waals surface area contributed by atoms with Crippen molar-refractivity contribution in [3.63, 3.8) is 0 Å². The fourth-order valence-corrected chi connectivity index (χ4v) is 2.23. The lowest BCUT2D eigenvalue weighted by Crippen LogP contribution is -2.02. The van der Waals surface area contributed by atoms with Gasteiger partial charge in [0, 0.05) is 15.6 Å².